The maximum atomic E-state index is 13.6. The van der Waals surface area contributed by atoms with Gasteiger partial charge in [-0.05, 0) is 32.3 Å². The number of carbonyl (C=O) groups excluding carboxylic acids is 1. The Hall–Kier alpha value is -1.49. The lowest BCUT2D eigenvalue weighted by Crippen LogP contribution is -2.50. The predicted molar refractivity (Wildman–Crippen MR) is 68.3 cm³/mol. The standard InChI is InChI=1S/C14H18F2N2O/c1-9(11-4-3-10(15)7-12(11)16)18-13(19)8-14(17)5-2-6-14/h3-4,7,9H,2,5-6,8,17H2,1H3,(H,18,19). The zero-order valence-corrected chi connectivity index (χ0v) is 10.9. The third-order valence-electron chi connectivity index (χ3n) is 3.67. The van der Waals surface area contributed by atoms with Gasteiger partial charge in [0.25, 0.3) is 0 Å². The number of benzene rings is 1. The minimum atomic E-state index is -0.654. The van der Waals surface area contributed by atoms with Crippen molar-refractivity contribution in [2.75, 3.05) is 0 Å². The zero-order valence-electron chi connectivity index (χ0n) is 10.9. The summed E-state index contributed by atoms with van der Waals surface area (Å²) in [6.45, 7) is 1.66. The van der Waals surface area contributed by atoms with E-state index in [4.69, 9.17) is 5.73 Å². The Morgan fingerprint density at radius 3 is 2.68 bits per heavy atom. The lowest BCUT2D eigenvalue weighted by Gasteiger charge is -2.37. The average molecular weight is 268 g/mol. The molecule has 5 heteroatoms. The van der Waals surface area contributed by atoms with Gasteiger partial charge >= 0.3 is 0 Å². The molecule has 0 heterocycles. The molecule has 0 saturated heterocycles. The van der Waals surface area contributed by atoms with Crippen molar-refractivity contribution in [3.63, 3.8) is 0 Å². The highest BCUT2D eigenvalue weighted by Crippen LogP contribution is 2.32. The molecule has 1 aliphatic carbocycles. The fourth-order valence-electron chi connectivity index (χ4n) is 2.35. The molecule has 1 fully saturated rings. The Morgan fingerprint density at radius 1 is 1.47 bits per heavy atom. The van der Waals surface area contributed by atoms with Gasteiger partial charge in [-0.3, -0.25) is 4.79 Å². The molecule has 19 heavy (non-hydrogen) atoms. The zero-order chi connectivity index (χ0) is 14.0. The monoisotopic (exact) mass is 268 g/mol. The maximum absolute atomic E-state index is 13.6. The van der Waals surface area contributed by atoms with Gasteiger partial charge in [0.2, 0.25) is 5.91 Å². The van der Waals surface area contributed by atoms with Gasteiger partial charge in [-0.2, -0.15) is 0 Å². The smallest absolute Gasteiger partial charge is 0.222 e. The summed E-state index contributed by atoms with van der Waals surface area (Å²) < 4.78 is 26.4. The first-order chi connectivity index (χ1) is 8.89. The number of rotatable bonds is 4. The van der Waals surface area contributed by atoms with E-state index in [1.54, 1.807) is 6.92 Å². The average Bonchev–Trinajstić information content (AvgIpc) is 2.26. The Morgan fingerprint density at radius 2 is 2.16 bits per heavy atom. The number of nitrogens with one attached hydrogen (secondary N) is 1. The van der Waals surface area contributed by atoms with Crippen LogP contribution in [0.5, 0.6) is 0 Å². The van der Waals surface area contributed by atoms with Crippen LogP contribution in [0.25, 0.3) is 0 Å². The van der Waals surface area contributed by atoms with Crippen molar-refractivity contribution < 1.29 is 13.6 Å². The summed E-state index contributed by atoms with van der Waals surface area (Å²) in [5.74, 6) is -1.48. The Kier molecular flexibility index (Phi) is 3.85. The lowest BCUT2D eigenvalue weighted by atomic mass is 9.75. The van der Waals surface area contributed by atoms with Crippen molar-refractivity contribution in [1.82, 2.24) is 5.32 Å². The largest absolute Gasteiger partial charge is 0.349 e. The predicted octanol–water partition coefficient (Wildman–Crippen LogP) is 2.41. The van der Waals surface area contributed by atoms with E-state index >= 15 is 0 Å². The third kappa shape index (κ3) is 3.29. The van der Waals surface area contributed by atoms with E-state index in [1.807, 2.05) is 0 Å². The van der Waals surface area contributed by atoms with Gasteiger partial charge in [0.1, 0.15) is 11.6 Å². The van der Waals surface area contributed by atoms with E-state index in [0.717, 1.165) is 25.3 Å². The van der Waals surface area contributed by atoms with Crippen LogP contribution in [-0.4, -0.2) is 11.4 Å². The van der Waals surface area contributed by atoms with Gasteiger partial charge in [-0.1, -0.05) is 6.07 Å². The van der Waals surface area contributed by atoms with E-state index in [2.05, 4.69) is 5.32 Å². The summed E-state index contributed by atoms with van der Waals surface area (Å²) in [4.78, 5) is 11.8. The van der Waals surface area contributed by atoms with E-state index < -0.39 is 23.2 Å². The molecule has 0 radical (unpaired) electrons. The molecule has 104 valence electrons. The van der Waals surface area contributed by atoms with E-state index in [-0.39, 0.29) is 17.9 Å². The third-order valence-corrected chi connectivity index (χ3v) is 3.67. The molecule has 3 nitrogen and oxygen atoms in total. The molecule has 1 atom stereocenters. The minimum absolute atomic E-state index is 0.196. The van der Waals surface area contributed by atoms with E-state index in [0.29, 0.717) is 0 Å². The highest BCUT2D eigenvalue weighted by molar-refractivity contribution is 5.77. The molecule has 2 rings (SSSR count). The Bertz CT molecular complexity index is 486. The molecule has 1 aliphatic rings. The van der Waals surface area contributed by atoms with Crippen LogP contribution >= 0.6 is 0 Å². The molecule has 3 N–H and O–H groups in total. The molecular weight excluding hydrogens is 250 g/mol. The highest BCUT2D eigenvalue weighted by Gasteiger charge is 2.34. The summed E-state index contributed by atoms with van der Waals surface area (Å²) >= 11 is 0. The molecule has 0 bridgehead atoms. The molecule has 1 unspecified atom stereocenters. The first-order valence-corrected chi connectivity index (χ1v) is 6.43. The molecule has 1 amide bonds. The number of amides is 1. The van der Waals surface area contributed by atoms with Crippen LogP contribution in [0.2, 0.25) is 0 Å². The molecule has 1 aromatic rings. The number of hydrogen-bond acceptors (Lipinski definition) is 2. The summed E-state index contributed by atoms with van der Waals surface area (Å²) in [5, 5.41) is 2.70. The minimum Gasteiger partial charge on any atom is -0.349 e. The second-order valence-electron chi connectivity index (χ2n) is 5.35. The van der Waals surface area contributed by atoms with Crippen LogP contribution in [-0.2, 0) is 4.79 Å². The molecule has 0 spiro atoms. The van der Waals surface area contributed by atoms with Crippen LogP contribution in [0.1, 0.15) is 44.2 Å². The molecule has 0 aromatic heterocycles. The fourth-order valence-corrected chi connectivity index (χ4v) is 2.35. The van der Waals surface area contributed by atoms with Crippen molar-refractivity contribution in [1.29, 1.82) is 0 Å². The SMILES string of the molecule is CC(NC(=O)CC1(N)CCC1)c1ccc(F)cc1F. The van der Waals surface area contributed by atoms with E-state index in [1.165, 1.54) is 12.1 Å². The van der Waals surface area contributed by atoms with Crippen LogP contribution in [0.3, 0.4) is 0 Å². The number of carbonyl (C=O) groups is 1. The number of halogens is 2. The van der Waals surface area contributed by atoms with Crippen LogP contribution in [0, 0.1) is 11.6 Å². The van der Waals surface area contributed by atoms with Gasteiger partial charge in [0.05, 0.1) is 6.04 Å². The molecule has 1 saturated carbocycles. The summed E-state index contributed by atoms with van der Waals surface area (Å²) in [7, 11) is 0. The second kappa shape index (κ2) is 5.25. The fraction of sp³-hybridized carbons (Fsp3) is 0.500. The second-order valence-corrected chi connectivity index (χ2v) is 5.35. The van der Waals surface area contributed by atoms with Crippen LogP contribution < -0.4 is 11.1 Å². The van der Waals surface area contributed by atoms with Gasteiger partial charge in [-0.15, -0.1) is 0 Å². The van der Waals surface area contributed by atoms with Gasteiger partial charge < -0.3 is 11.1 Å². The van der Waals surface area contributed by atoms with Crippen molar-refractivity contribution in [3.05, 3.63) is 35.4 Å². The van der Waals surface area contributed by atoms with Gasteiger partial charge in [0, 0.05) is 23.6 Å². The van der Waals surface area contributed by atoms with Gasteiger partial charge in [0.15, 0.2) is 0 Å². The molecule has 1 aromatic carbocycles. The lowest BCUT2D eigenvalue weighted by molar-refractivity contribution is -0.123. The Balaban J connectivity index is 1.96. The van der Waals surface area contributed by atoms with Crippen LogP contribution in [0.15, 0.2) is 18.2 Å². The topological polar surface area (TPSA) is 55.1 Å². The quantitative estimate of drug-likeness (QED) is 0.881. The normalized spacial score (nSPS) is 18.5. The molecule has 0 aliphatic heterocycles. The van der Waals surface area contributed by atoms with Crippen molar-refractivity contribution >= 4 is 5.91 Å². The van der Waals surface area contributed by atoms with Crippen molar-refractivity contribution in [2.24, 2.45) is 5.73 Å². The van der Waals surface area contributed by atoms with E-state index in [9.17, 15) is 13.6 Å². The Labute approximate surface area is 111 Å². The van der Waals surface area contributed by atoms with Crippen molar-refractivity contribution in [2.45, 2.75) is 44.2 Å². The number of nitrogens with two attached hydrogens (primary N) is 1. The molecular formula is C14H18F2N2O. The number of hydrogen-bond donors (Lipinski definition) is 2. The first kappa shape index (κ1) is 13.9. The summed E-state index contributed by atoms with van der Waals surface area (Å²) in [6.07, 6.45) is 2.99. The first-order valence-electron chi connectivity index (χ1n) is 6.43. The maximum Gasteiger partial charge on any atom is 0.222 e. The summed E-state index contributed by atoms with van der Waals surface area (Å²) in [6, 6.07) is 2.83. The van der Waals surface area contributed by atoms with Crippen LogP contribution in [0.4, 0.5) is 8.78 Å². The summed E-state index contributed by atoms with van der Waals surface area (Å²) in [5.41, 5.74) is 5.86. The van der Waals surface area contributed by atoms with Crippen molar-refractivity contribution in [3.8, 4) is 0 Å². The van der Waals surface area contributed by atoms with Gasteiger partial charge in [-0.25, -0.2) is 8.78 Å². The highest BCUT2D eigenvalue weighted by atomic mass is 19.1.